The average molecular weight is 855 g/mol. The summed E-state index contributed by atoms with van der Waals surface area (Å²) in [4.78, 5) is 13.4. The predicted molar refractivity (Wildman–Crippen MR) is 273 cm³/mol. The summed E-state index contributed by atoms with van der Waals surface area (Å²) < 4.78 is 2.23. The van der Waals surface area contributed by atoms with Crippen LogP contribution >= 0.6 is 11.8 Å². The van der Waals surface area contributed by atoms with Gasteiger partial charge in [-0.2, -0.15) is 0 Å². The zero-order valence-corrected chi connectivity index (χ0v) is 40.3. The van der Waals surface area contributed by atoms with Gasteiger partial charge in [0.15, 0.2) is 0 Å². The Labute approximate surface area is 383 Å². The molecule has 0 saturated heterocycles. The third-order valence-electron chi connectivity index (χ3n) is 15.4. The maximum absolute atomic E-state index is 5.78. The molecule has 0 N–H and O–H groups in total. The van der Waals surface area contributed by atoms with Crippen molar-refractivity contribution in [1.29, 1.82) is 0 Å². The lowest BCUT2D eigenvalue weighted by Crippen LogP contribution is -2.36. The first-order valence-corrected chi connectivity index (χ1v) is 23.8. The number of hydrogen-bond acceptors (Lipinski definition) is 4. The first-order chi connectivity index (χ1) is 30.4. The van der Waals surface area contributed by atoms with E-state index in [0.717, 1.165) is 28.5 Å². The number of pyridine rings is 1. The Morgan fingerprint density at radius 1 is 0.625 bits per heavy atom. The number of aryl methyl sites for hydroxylation is 4. The summed E-state index contributed by atoms with van der Waals surface area (Å²) in [6, 6.07) is 44.0. The molecule has 0 unspecified atom stereocenters. The van der Waals surface area contributed by atoms with E-state index in [1.807, 2.05) is 18.0 Å². The highest BCUT2D eigenvalue weighted by Gasteiger charge is 2.57. The number of fused-ring (bicyclic) bond motifs is 8. The van der Waals surface area contributed by atoms with Crippen molar-refractivity contribution in [3.8, 4) is 16.9 Å². The summed E-state index contributed by atoms with van der Waals surface area (Å²) in [5.74, 6) is 0.938. The van der Waals surface area contributed by atoms with Gasteiger partial charge in [-0.3, -0.25) is 9.56 Å². The maximum atomic E-state index is 5.78. The number of thioether (sulfide) groups is 1. The van der Waals surface area contributed by atoms with Gasteiger partial charge in [-0.05, 0) is 182 Å². The van der Waals surface area contributed by atoms with Gasteiger partial charge in [0.1, 0.15) is 5.82 Å². The lowest BCUT2D eigenvalue weighted by Gasteiger charge is -2.42. The van der Waals surface area contributed by atoms with Gasteiger partial charge in [0.05, 0.1) is 37.7 Å². The standard InChI is InChI=1S/C59H58N4S/c1-34-20-23-49-43(26-34)44-31-48-52(32-51(44)63(49)53-30-41(24-25-60-53)56(6,7)8)62(50-19-14-13-18-47(50)57(48,9)10)42-28-39(54-36(3)16-15-17-37(54)4)27-40(29-42)55-61-58(11)33-45-38(5)35(2)21-22-46(45)59(58,12)64-55/h13-32H,33H2,1-12H3/t58-,59+/m1/s1. The van der Waals surface area contributed by atoms with Gasteiger partial charge in [0, 0.05) is 33.6 Å². The molecule has 8 aromatic rings. The zero-order valence-electron chi connectivity index (χ0n) is 39.5. The van der Waals surface area contributed by atoms with Crippen molar-refractivity contribution >= 4 is 55.7 Å². The number of anilines is 3. The second-order valence-electron chi connectivity index (χ2n) is 20.9. The van der Waals surface area contributed by atoms with Crippen molar-refractivity contribution in [2.24, 2.45) is 4.99 Å². The molecule has 320 valence electrons. The number of aromatic nitrogens is 2. The third kappa shape index (κ3) is 5.82. The summed E-state index contributed by atoms with van der Waals surface area (Å²) in [6.07, 6.45) is 2.93. The molecule has 64 heavy (non-hydrogen) atoms. The largest absolute Gasteiger partial charge is 0.310 e. The summed E-state index contributed by atoms with van der Waals surface area (Å²) in [5.41, 5.74) is 22.3. The Balaban J connectivity index is 1.19. The highest BCUT2D eigenvalue weighted by atomic mass is 32.2. The van der Waals surface area contributed by atoms with Crippen LogP contribution in [0.3, 0.4) is 0 Å². The lowest BCUT2D eigenvalue weighted by atomic mass is 9.73. The fraction of sp³-hybridized carbons (Fsp3) is 0.288. The van der Waals surface area contributed by atoms with Crippen molar-refractivity contribution in [1.82, 2.24) is 9.55 Å². The summed E-state index contributed by atoms with van der Waals surface area (Å²) in [7, 11) is 0. The Hall–Kier alpha value is -5.91. The van der Waals surface area contributed by atoms with Crippen LogP contribution in [0.5, 0.6) is 0 Å². The van der Waals surface area contributed by atoms with Crippen molar-refractivity contribution in [2.45, 2.75) is 111 Å². The molecule has 4 nitrogen and oxygen atoms in total. The number of hydrogen-bond donors (Lipinski definition) is 0. The highest BCUT2D eigenvalue weighted by Crippen LogP contribution is 2.61. The molecule has 4 heterocycles. The molecular formula is C59H58N4S. The van der Waals surface area contributed by atoms with Crippen LogP contribution in [0, 0.1) is 34.6 Å². The monoisotopic (exact) mass is 854 g/mol. The number of para-hydroxylation sites is 1. The predicted octanol–water partition coefficient (Wildman–Crippen LogP) is 15.5. The first-order valence-electron chi connectivity index (χ1n) is 22.9. The van der Waals surface area contributed by atoms with Gasteiger partial charge in [-0.15, -0.1) is 0 Å². The van der Waals surface area contributed by atoms with E-state index in [1.165, 1.54) is 100.0 Å². The van der Waals surface area contributed by atoms with Gasteiger partial charge in [-0.1, -0.05) is 107 Å². The molecule has 6 aromatic carbocycles. The SMILES string of the molecule is Cc1ccc2c(c1)c1cc3c(cc1n2-c1cc(C(C)(C)C)ccn1)N(c1cc(C2=N[C@]4(C)Cc5c(ccc(C)c5C)[C@]4(C)S2)cc(-c2c(C)cccc2C)c1)c1ccccc1C3(C)C. The minimum Gasteiger partial charge on any atom is -0.310 e. The Morgan fingerprint density at radius 2 is 1.36 bits per heavy atom. The van der Waals surface area contributed by atoms with E-state index in [0.29, 0.717) is 0 Å². The number of nitrogens with zero attached hydrogens (tertiary/aromatic N) is 4. The average Bonchev–Trinajstić information content (AvgIpc) is 3.79. The zero-order chi connectivity index (χ0) is 44.8. The van der Waals surface area contributed by atoms with Crippen LogP contribution in [-0.2, 0) is 22.0 Å². The molecule has 11 rings (SSSR count). The topological polar surface area (TPSA) is 33.4 Å². The Morgan fingerprint density at radius 3 is 2.12 bits per heavy atom. The molecule has 2 aromatic heterocycles. The third-order valence-corrected chi connectivity index (χ3v) is 17.0. The van der Waals surface area contributed by atoms with Gasteiger partial charge in [0.25, 0.3) is 0 Å². The quantitative estimate of drug-likeness (QED) is 0.177. The number of rotatable bonds is 4. The minimum absolute atomic E-state index is 0.0221. The molecule has 0 amide bonds. The van der Waals surface area contributed by atoms with E-state index in [2.05, 4.69) is 208 Å². The van der Waals surface area contributed by atoms with Crippen molar-refractivity contribution in [3.63, 3.8) is 0 Å². The summed E-state index contributed by atoms with van der Waals surface area (Å²) in [6.45, 7) is 27.7. The van der Waals surface area contributed by atoms with Crippen LogP contribution in [-0.4, -0.2) is 20.1 Å². The fourth-order valence-corrected chi connectivity index (χ4v) is 12.9. The summed E-state index contributed by atoms with van der Waals surface area (Å²) >= 11 is 1.96. The van der Waals surface area contributed by atoms with Crippen LogP contribution in [0.1, 0.15) is 110 Å². The van der Waals surface area contributed by atoms with Crippen LogP contribution in [0.2, 0.25) is 0 Å². The molecule has 0 radical (unpaired) electrons. The molecule has 2 atom stereocenters. The van der Waals surface area contributed by atoms with E-state index >= 15 is 0 Å². The summed E-state index contributed by atoms with van der Waals surface area (Å²) in [5, 5.41) is 3.61. The molecule has 0 saturated carbocycles. The van der Waals surface area contributed by atoms with Crippen molar-refractivity contribution in [2.75, 3.05) is 4.90 Å². The van der Waals surface area contributed by atoms with Gasteiger partial charge >= 0.3 is 0 Å². The number of benzene rings is 6. The number of aliphatic imine (C=N–C) groups is 1. The van der Waals surface area contributed by atoms with Gasteiger partial charge in [-0.25, -0.2) is 4.98 Å². The molecule has 0 spiro atoms. The van der Waals surface area contributed by atoms with Crippen LogP contribution in [0.15, 0.2) is 126 Å². The second kappa shape index (κ2) is 13.8. The first kappa shape index (κ1) is 40.8. The molecule has 0 bridgehead atoms. The smallest absolute Gasteiger partial charge is 0.137 e. The van der Waals surface area contributed by atoms with E-state index in [-0.39, 0.29) is 21.1 Å². The van der Waals surface area contributed by atoms with E-state index in [4.69, 9.17) is 9.98 Å². The molecule has 5 heteroatoms. The van der Waals surface area contributed by atoms with Crippen molar-refractivity contribution in [3.05, 3.63) is 183 Å². The van der Waals surface area contributed by atoms with E-state index in [9.17, 15) is 0 Å². The highest BCUT2D eigenvalue weighted by molar-refractivity contribution is 8.15. The molecule has 1 aliphatic carbocycles. The Bertz CT molecular complexity index is 3320. The molecule has 3 aliphatic rings. The van der Waals surface area contributed by atoms with Gasteiger partial charge < -0.3 is 4.90 Å². The van der Waals surface area contributed by atoms with Crippen LogP contribution in [0.4, 0.5) is 17.1 Å². The molecule has 0 fully saturated rings. The Kier molecular flexibility index (Phi) is 8.80. The minimum atomic E-state index is -0.276. The maximum Gasteiger partial charge on any atom is 0.137 e. The van der Waals surface area contributed by atoms with Crippen LogP contribution in [0.25, 0.3) is 38.8 Å². The second-order valence-corrected chi connectivity index (χ2v) is 22.4. The molecule has 2 aliphatic heterocycles. The lowest BCUT2D eigenvalue weighted by molar-refractivity contribution is 0.407. The van der Waals surface area contributed by atoms with Gasteiger partial charge in [0.2, 0.25) is 0 Å². The van der Waals surface area contributed by atoms with Crippen LogP contribution < -0.4 is 4.90 Å². The normalized spacial score (nSPS) is 19.8. The van der Waals surface area contributed by atoms with Crippen molar-refractivity contribution < 1.29 is 0 Å². The fourth-order valence-electron chi connectivity index (χ4n) is 11.4. The molecular weight excluding hydrogens is 797 g/mol. The van der Waals surface area contributed by atoms with E-state index < -0.39 is 0 Å². The van der Waals surface area contributed by atoms with E-state index in [1.54, 1.807) is 0 Å².